The van der Waals surface area contributed by atoms with Crippen molar-refractivity contribution in [3.05, 3.63) is 29.3 Å². The van der Waals surface area contributed by atoms with Crippen molar-refractivity contribution in [2.45, 2.75) is 37.1 Å². The maximum atomic E-state index is 12.8. The van der Waals surface area contributed by atoms with Gasteiger partial charge < -0.3 is 4.90 Å². The van der Waals surface area contributed by atoms with Gasteiger partial charge in [0.25, 0.3) is 0 Å². The largest absolute Gasteiger partial charge is 0.341 e. The normalized spacial score (nSPS) is 21.5. The third-order valence-electron chi connectivity index (χ3n) is 5.28. The monoisotopic (exact) mass is 399 g/mol. The Kier molecular flexibility index (Phi) is 6.22. The summed E-state index contributed by atoms with van der Waals surface area (Å²) in [5.74, 6) is 0.163. The van der Waals surface area contributed by atoms with Crippen LogP contribution in [0.15, 0.2) is 29.2 Å². The van der Waals surface area contributed by atoms with Crippen LogP contribution in [0.4, 0.5) is 0 Å². The van der Waals surface area contributed by atoms with Gasteiger partial charge in [-0.25, -0.2) is 8.42 Å². The lowest BCUT2D eigenvalue weighted by Gasteiger charge is -2.39. The number of piperidine rings is 1. The first kappa shape index (κ1) is 19.6. The van der Waals surface area contributed by atoms with E-state index in [1.54, 1.807) is 18.2 Å². The number of amides is 1. The minimum atomic E-state index is -3.55. The lowest BCUT2D eigenvalue weighted by molar-refractivity contribution is -0.137. The molecule has 1 unspecified atom stereocenters. The van der Waals surface area contributed by atoms with Crippen LogP contribution in [0.2, 0.25) is 5.02 Å². The van der Waals surface area contributed by atoms with Crippen LogP contribution < -0.4 is 0 Å². The van der Waals surface area contributed by atoms with Crippen molar-refractivity contribution in [1.29, 1.82) is 0 Å². The first-order chi connectivity index (χ1) is 12.4. The lowest BCUT2D eigenvalue weighted by Crippen LogP contribution is -2.55. The standard InChI is InChI=1S/C18H26ClN3O3S/c1-15(18(23)21-8-3-2-4-9-21)20-10-12-22(13-11-20)26(24,25)17-7-5-6-16(19)14-17/h5-7,14-15H,2-4,8-13H2,1H3. The van der Waals surface area contributed by atoms with Crippen molar-refractivity contribution in [2.24, 2.45) is 0 Å². The van der Waals surface area contributed by atoms with Gasteiger partial charge >= 0.3 is 0 Å². The average molecular weight is 400 g/mol. The molecule has 144 valence electrons. The van der Waals surface area contributed by atoms with E-state index in [0.29, 0.717) is 31.2 Å². The molecule has 26 heavy (non-hydrogen) atoms. The van der Waals surface area contributed by atoms with Crippen molar-refractivity contribution < 1.29 is 13.2 Å². The molecular formula is C18H26ClN3O3S. The minimum Gasteiger partial charge on any atom is -0.341 e. The van der Waals surface area contributed by atoms with Gasteiger partial charge in [-0.1, -0.05) is 17.7 Å². The number of halogens is 1. The molecule has 1 aromatic rings. The summed E-state index contributed by atoms with van der Waals surface area (Å²) in [6, 6.07) is 6.14. The summed E-state index contributed by atoms with van der Waals surface area (Å²) in [5.41, 5.74) is 0. The van der Waals surface area contributed by atoms with E-state index in [4.69, 9.17) is 11.6 Å². The van der Waals surface area contributed by atoms with Gasteiger partial charge in [0, 0.05) is 44.3 Å². The Bertz CT molecular complexity index is 742. The van der Waals surface area contributed by atoms with Crippen LogP contribution in [0.3, 0.4) is 0 Å². The second-order valence-corrected chi connectivity index (χ2v) is 9.33. The van der Waals surface area contributed by atoms with E-state index in [-0.39, 0.29) is 16.8 Å². The molecule has 1 amide bonds. The van der Waals surface area contributed by atoms with Gasteiger partial charge in [0.15, 0.2) is 0 Å². The highest BCUT2D eigenvalue weighted by molar-refractivity contribution is 7.89. The average Bonchev–Trinajstić information content (AvgIpc) is 2.67. The zero-order valence-electron chi connectivity index (χ0n) is 15.1. The predicted octanol–water partition coefficient (Wildman–Crippen LogP) is 2.05. The number of hydrogen-bond donors (Lipinski definition) is 0. The molecule has 0 saturated carbocycles. The molecule has 2 heterocycles. The Balaban J connectivity index is 1.60. The van der Waals surface area contributed by atoms with Crippen LogP contribution in [0.25, 0.3) is 0 Å². The lowest BCUT2D eigenvalue weighted by atomic mass is 10.1. The number of likely N-dealkylation sites (tertiary alicyclic amines) is 1. The van der Waals surface area contributed by atoms with Gasteiger partial charge in [-0.3, -0.25) is 9.69 Å². The SMILES string of the molecule is CC(C(=O)N1CCCCC1)N1CCN(S(=O)(=O)c2cccc(Cl)c2)CC1. The van der Waals surface area contributed by atoms with Crippen LogP contribution in [-0.2, 0) is 14.8 Å². The molecule has 1 atom stereocenters. The molecule has 1 aromatic carbocycles. The fraction of sp³-hybridized carbons (Fsp3) is 0.611. The molecule has 0 radical (unpaired) electrons. The highest BCUT2D eigenvalue weighted by Crippen LogP contribution is 2.22. The second-order valence-electron chi connectivity index (χ2n) is 6.96. The molecule has 0 aliphatic carbocycles. The van der Waals surface area contributed by atoms with E-state index < -0.39 is 10.0 Å². The van der Waals surface area contributed by atoms with Crippen LogP contribution in [-0.4, -0.2) is 73.7 Å². The fourth-order valence-corrected chi connectivity index (χ4v) is 5.37. The van der Waals surface area contributed by atoms with Gasteiger partial charge in [-0.2, -0.15) is 4.31 Å². The number of piperazine rings is 1. The first-order valence-corrected chi connectivity index (χ1v) is 11.0. The third kappa shape index (κ3) is 4.22. The zero-order valence-corrected chi connectivity index (χ0v) is 16.7. The van der Waals surface area contributed by atoms with E-state index in [9.17, 15) is 13.2 Å². The smallest absolute Gasteiger partial charge is 0.243 e. The molecule has 0 bridgehead atoms. The number of benzene rings is 1. The molecule has 0 N–H and O–H groups in total. The molecule has 0 spiro atoms. The summed E-state index contributed by atoms with van der Waals surface area (Å²) in [6.07, 6.45) is 3.34. The summed E-state index contributed by atoms with van der Waals surface area (Å²) in [5, 5.41) is 0.408. The minimum absolute atomic E-state index is 0.163. The van der Waals surface area contributed by atoms with E-state index in [0.717, 1.165) is 25.9 Å². The van der Waals surface area contributed by atoms with Crippen molar-refractivity contribution in [3.63, 3.8) is 0 Å². The Labute approximate surface area is 160 Å². The number of carbonyl (C=O) groups excluding carboxylic acids is 1. The highest BCUT2D eigenvalue weighted by Gasteiger charge is 2.33. The van der Waals surface area contributed by atoms with Crippen molar-refractivity contribution in [3.8, 4) is 0 Å². The highest BCUT2D eigenvalue weighted by atomic mass is 35.5. The van der Waals surface area contributed by atoms with Gasteiger partial charge in [0.2, 0.25) is 15.9 Å². The molecule has 2 fully saturated rings. The van der Waals surface area contributed by atoms with Crippen molar-refractivity contribution in [2.75, 3.05) is 39.3 Å². The summed E-state index contributed by atoms with van der Waals surface area (Å²) >= 11 is 5.93. The van der Waals surface area contributed by atoms with E-state index in [1.165, 1.54) is 16.8 Å². The summed E-state index contributed by atoms with van der Waals surface area (Å²) in [6.45, 7) is 5.48. The quantitative estimate of drug-likeness (QED) is 0.777. The first-order valence-electron chi connectivity index (χ1n) is 9.18. The van der Waals surface area contributed by atoms with Gasteiger partial charge in [-0.15, -0.1) is 0 Å². The van der Waals surface area contributed by atoms with Crippen LogP contribution in [0, 0.1) is 0 Å². The molecule has 2 aliphatic rings. The van der Waals surface area contributed by atoms with Crippen LogP contribution in [0.1, 0.15) is 26.2 Å². The van der Waals surface area contributed by atoms with Crippen LogP contribution in [0.5, 0.6) is 0 Å². The fourth-order valence-electron chi connectivity index (χ4n) is 3.64. The summed E-state index contributed by atoms with van der Waals surface area (Å²) < 4.78 is 27.0. The van der Waals surface area contributed by atoms with Gasteiger partial charge in [0.05, 0.1) is 10.9 Å². The maximum Gasteiger partial charge on any atom is 0.243 e. The third-order valence-corrected chi connectivity index (χ3v) is 7.41. The molecule has 2 saturated heterocycles. The predicted molar refractivity (Wildman–Crippen MR) is 102 cm³/mol. The number of rotatable bonds is 4. The Morgan fingerprint density at radius 1 is 1.04 bits per heavy atom. The Morgan fingerprint density at radius 3 is 2.31 bits per heavy atom. The van der Waals surface area contributed by atoms with Crippen molar-refractivity contribution in [1.82, 2.24) is 14.1 Å². The number of sulfonamides is 1. The summed E-state index contributed by atoms with van der Waals surface area (Å²) in [7, 11) is -3.55. The van der Waals surface area contributed by atoms with Gasteiger partial charge in [0.1, 0.15) is 0 Å². The Morgan fingerprint density at radius 2 is 1.69 bits per heavy atom. The van der Waals surface area contributed by atoms with E-state index in [2.05, 4.69) is 4.90 Å². The van der Waals surface area contributed by atoms with Crippen molar-refractivity contribution >= 4 is 27.5 Å². The number of nitrogens with zero attached hydrogens (tertiary/aromatic N) is 3. The number of carbonyl (C=O) groups is 1. The van der Waals surface area contributed by atoms with Crippen LogP contribution >= 0.6 is 11.6 Å². The molecule has 2 aliphatic heterocycles. The molecular weight excluding hydrogens is 374 g/mol. The Hall–Kier alpha value is -1.15. The topological polar surface area (TPSA) is 60.9 Å². The summed E-state index contributed by atoms with van der Waals surface area (Å²) in [4.78, 5) is 16.9. The molecule has 0 aromatic heterocycles. The molecule has 8 heteroatoms. The molecule has 6 nitrogen and oxygen atoms in total. The second kappa shape index (κ2) is 8.25. The molecule has 3 rings (SSSR count). The van der Waals surface area contributed by atoms with Gasteiger partial charge in [-0.05, 0) is 44.4 Å². The maximum absolute atomic E-state index is 12.8. The number of hydrogen-bond acceptors (Lipinski definition) is 4. The van der Waals surface area contributed by atoms with E-state index >= 15 is 0 Å². The van der Waals surface area contributed by atoms with E-state index in [1.807, 2.05) is 11.8 Å². The zero-order chi connectivity index (χ0) is 18.7.